The Kier molecular flexibility index (Phi) is 6.75. The number of rotatable bonds is 6. The van der Waals surface area contributed by atoms with Gasteiger partial charge in [0.1, 0.15) is 23.9 Å². The maximum atomic E-state index is 11.6. The summed E-state index contributed by atoms with van der Waals surface area (Å²) in [6.07, 6.45) is -5.50. The standard InChI is InChI=1S/C20H33N3O7S/c1-10-7-19(26,9-23-8-11-5-4-6-31-11)20(27)18(28-10)29-17-15(25)12(21-2)14(24)13(22-3)16(17)30-20/h4-6,10,12-18,21-27H,7-9H2,1-3H3/t10-,12-,13+,14+,15+,16-,17-,18+,19-,20-/m1/s1. The summed E-state index contributed by atoms with van der Waals surface area (Å²) in [5, 5.41) is 55.7. The van der Waals surface area contributed by atoms with Gasteiger partial charge in [0.25, 0.3) is 0 Å². The van der Waals surface area contributed by atoms with Gasteiger partial charge in [-0.25, -0.2) is 0 Å². The van der Waals surface area contributed by atoms with Crippen molar-refractivity contribution in [2.45, 2.75) is 80.2 Å². The van der Waals surface area contributed by atoms with Crippen molar-refractivity contribution in [3.8, 4) is 0 Å². The van der Waals surface area contributed by atoms with E-state index in [4.69, 9.17) is 14.2 Å². The number of aliphatic hydroxyl groups excluding tert-OH is 2. The molecule has 2 saturated heterocycles. The first-order valence-electron chi connectivity index (χ1n) is 10.6. The zero-order chi connectivity index (χ0) is 22.4. The lowest BCUT2D eigenvalue weighted by atomic mass is 9.77. The average molecular weight is 460 g/mol. The SMILES string of the molecule is CN[C@@H]1[C@H](O)[C@H](NC)[C@H]2O[C@]3(O)[C@H](O[C@@H]2[C@H]1O)O[C@H](C)C[C@@]3(O)CNCc1cccs1. The van der Waals surface area contributed by atoms with Gasteiger partial charge in [-0.15, -0.1) is 11.3 Å². The number of likely N-dealkylation sites (N-methyl/N-ethyl adjacent to an activating group) is 2. The Labute approximate surface area is 185 Å². The normalized spacial score (nSPS) is 47.6. The van der Waals surface area contributed by atoms with E-state index < -0.39 is 60.3 Å². The van der Waals surface area contributed by atoms with Crippen molar-refractivity contribution in [1.29, 1.82) is 0 Å². The Morgan fingerprint density at radius 1 is 1.10 bits per heavy atom. The lowest BCUT2D eigenvalue weighted by molar-refractivity contribution is -0.482. The summed E-state index contributed by atoms with van der Waals surface area (Å²) in [6.45, 7) is 2.36. The Morgan fingerprint density at radius 3 is 2.48 bits per heavy atom. The van der Waals surface area contributed by atoms with Crippen molar-refractivity contribution in [3.05, 3.63) is 22.4 Å². The average Bonchev–Trinajstić information content (AvgIpc) is 3.22. The molecule has 11 heteroatoms. The second kappa shape index (κ2) is 8.92. The highest BCUT2D eigenvalue weighted by molar-refractivity contribution is 7.09. The zero-order valence-electron chi connectivity index (χ0n) is 17.9. The van der Waals surface area contributed by atoms with Crippen LogP contribution in [0.1, 0.15) is 18.2 Å². The minimum absolute atomic E-state index is 0.0425. The molecule has 3 aliphatic rings. The van der Waals surface area contributed by atoms with Gasteiger partial charge < -0.3 is 50.6 Å². The molecule has 1 aromatic heterocycles. The Morgan fingerprint density at radius 2 is 1.84 bits per heavy atom. The molecule has 176 valence electrons. The highest BCUT2D eigenvalue weighted by Crippen LogP contribution is 2.46. The van der Waals surface area contributed by atoms with Crippen molar-refractivity contribution < 1.29 is 34.6 Å². The highest BCUT2D eigenvalue weighted by Gasteiger charge is 2.68. The van der Waals surface area contributed by atoms with E-state index in [1.165, 1.54) is 0 Å². The van der Waals surface area contributed by atoms with E-state index in [0.29, 0.717) is 6.54 Å². The molecule has 3 fully saturated rings. The fourth-order valence-electron chi connectivity index (χ4n) is 5.03. The number of hydrogen-bond donors (Lipinski definition) is 7. The van der Waals surface area contributed by atoms with E-state index in [0.717, 1.165) is 4.88 Å². The minimum Gasteiger partial charge on any atom is -0.390 e. The second-order valence-electron chi connectivity index (χ2n) is 8.69. The summed E-state index contributed by atoms with van der Waals surface area (Å²) in [5.41, 5.74) is -1.72. The molecule has 2 aliphatic heterocycles. The number of ether oxygens (including phenoxy) is 3. The summed E-state index contributed by atoms with van der Waals surface area (Å²) < 4.78 is 17.9. The molecule has 0 aromatic carbocycles. The lowest BCUT2D eigenvalue weighted by Gasteiger charge is -2.60. The number of thiophene rings is 1. The van der Waals surface area contributed by atoms with E-state index in [1.54, 1.807) is 32.4 Å². The molecule has 1 aliphatic carbocycles. The van der Waals surface area contributed by atoms with E-state index in [2.05, 4.69) is 16.0 Å². The first-order chi connectivity index (χ1) is 14.7. The maximum absolute atomic E-state index is 11.6. The van der Waals surface area contributed by atoms with E-state index in [9.17, 15) is 20.4 Å². The maximum Gasteiger partial charge on any atom is 0.249 e. The summed E-state index contributed by atoms with van der Waals surface area (Å²) in [6, 6.07) is 2.61. The minimum atomic E-state index is -2.19. The van der Waals surface area contributed by atoms with Gasteiger partial charge in [0.05, 0.1) is 24.3 Å². The van der Waals surface area contributed by atoms with Crippen LogP contribution in [0.3, 0.4) is 0 Å². The Balaban J connectivity index is 1.58. The van der Waals surface area contributed by atoms with Gasteiger partial charge in [0.15, 0.2) is 0 Å². The molecule has 4 rings (SSSR count). The van der Waals surface area contributed by atoms with E-state index >= 15 is 0 Å². The molecule has 1 saturated carbocycles. The molecule has 0 radical (unpaired) electrons. The molecule has 0 amide bonds. The molecular formula is C20H33N3O7S. The molecule has 10 nitrogen and oxygen atoms in total. The smallest absolute Gasteiger partial charge is 0.249 e. The van der Waals surface area contributed by atoms with Crippen molar-refractivity contribution in [1.82, 2.24) is 16.0 Å². The molecule has 31 heavy (non-hydrogen) atoms. The van der Waals surface area contributed by atoms with Crippen LogP contribution in [0.2, 0.25) is 0 Å². The molecule has 0 unspecified atom stereocenters. The Bertz CT molecular complexity index is 742. The number of hydrogen-bond acceptors (Lipinski definition) is 11. The van der Waals surface area contributed by atoms with Crippen molar-refractivity contribution >= 4 is 11.3 Å². The van der Waals surface area contributed by atoms with Gasteiger partial charge in [-0.05, 0) is 32.5 Å². The van der Waals surface area contributed by atoms with Gasteiger partial charge in [0, 0.05) is 24.4 Å². The number of fused-ring (bicyclic) bond motifs is 2. The molecule has 0 bridgehead atoms. The topological polar surface area (TPSA) is 145 Å². The summed E-state index contributed by atoms with van der Waals surface area (Å²) in [4.78, 5) is 1.10. The monoisotopic (exact) mass is 459 g/mol. The van der Waals surface area contributed by atoms with E-state index in [-0.39, 0.29) is 13.0 Å². The fraction of sp³-hybridized carbons (Fsp3) is 0.800. The first kappa shape index (κ1) is 23.5. The van der Waals surface area contributed by atoms with Crippen LogP contribution in [-0.4, -0.2) is 101 Å². The van der Waals surface area contributed by atoms with Crippen LogP contribution in [0.25, 0.3) is 0 Å². The van der Waals surface area contributed by atoms with Crippen LogP contribution in [0.4, 0.5) is 0 Å². The third-order valence-corrected chi connectivity index (χ3v) is 7.52. The zero-order valence-corrected chi connectivity index (χ0v) is 18.7. The fourth-order valence-corrected chi connectivity index (χ4v) is 5.71. The Hall–Kier alpha value is -0.700. The van der Waals surface area contributed by atoms with Crippen molar-refractivity contribution in [2.75, 3.05) is 20.6 Å². The van der Waals surface area contributed by atoms with Crippen LogP contribution in [-0.2, 0) is 20.8 Å². The van der Waals surface area contributed by atoms with Gasteiger partial charge in [-0.3, -0.25) is 0 Å². The van der Waals surface area contributed by atoms with Gasteiger partial charge in [-0.1, -0.05) is 6.07 Å². The van der Waals surface area contributed by atoms with Gasteiger partial charge >= 0.3 is 0 Å². The van der Waals surface area contributed by atoms with Gasteiger partial charge in [-0.2, -0.15) is 0 Å². The summed E-state index contributed by atoms with van der Waals surface area (Å²) in [5.74, 6) is -2.19. The molecule has 7 N–H and O–H groups in total. The predicted molar refractivity (Wildman–Crippen MR) is 112 cm³/mol. The first-order valence-corrected chi connectivity index (χ1v) is 11.5. The quantitative estimate of drug-likeness (QED) is 0.257. The molecule has 10 atom stereocenters. The molecule has 0 spiro atoms. The molecule has 1 aromatic rings. The van der Waals surface area contributed by atoms with Crippen molar-refractivity contribution in [2.24, 2.45) is 0 Å². The van der Waals surface area contributed by atoms with Crippen LogP contribution in [0.5, 0.6) is 0 Å². The number of aliphatic hydroxyl groups is 4. The predicted octanol–water partition coefficient (Wildman–Crippen LogP) is -1.91. The van der Waals surface area contributed by atoms with E-state index in [1.807, 2.05) is 17.5 Å². The van der Waals surface area contributed by atoms with Crippen molar-refractivity contribution in [3.63, 3.8) is 0 Å². The summed E-state index contributed by atoms with van der Waals surface area (Å²) in [7, 11) is 3.30. The largest absolute Gasteiger partial charge is 0.390 e. The van der Waals surface area contributed by atoms with Crippen LogP contribution >= 0.6 is 11.3 Å². The highest BCUT2D eigenvalue weighted by atomic mass is 32.1. The molecular weight excluding hydrogens is 426 g/mol. The summed E-state index contributed by atoms with van der Waals surface area (Å²) >= 11 is 1.59. The molecule has 3 heterocycles. The van der Waals surface area contributed by atoms with Gasteiger partial charge in [0.2, 0.25) is 12.1 Å². The van der Waals surface area contributed by atoms with Crippen LogP contribution < -0.4 is 16.0 Å². The third kappa shape index (κ3) is 3.96. The second-order valence-corrected chi connectivity index (χ2v) is 9.72. The van der Waals surface area contributed by atoms with Crippen LogP contribution in [0, 0.1) is 0 Å². The third-order valence-electron chi connectivity index (χ3n) is 6.65. The van der Waals surface area contributed by atoms with Crippen LogP contribution in [0.15, 0.2) is 17.5 Å². The number of nitrogens with one attached hydrogen (secondary N) is 3. The lowest BCUT2D eigenvalue weighted by Crippen LogP contribution is -2.81.